The molecular weight excluding hydrogens is 277 g/mol. The maximum Gasteiger partial charge on any atom is 0.254 e. The summed E-state index contributed by atoms with van der Waals surface area (Å²) in [5.41, 5.74) is 0.259. The van der Waals surface area contributed by atoms with Crippen molar-refractivity contribution in [2.24, 2.45) is 0 Å². The summed E-state index contributed by atoms with van der Waals surface area (Å²) < 4.78 is 18.6. The van der Waals surface area contributed by atoms with Gasteiger partial charge in [-0.2, -0.15) is 0 Å². The number of aromatic amines is 1. The third-order valence-electron chi connectivity index (χ3n) is 3.27. The van der Waals surface area contributed by atoms with Crippen molar-refractivity contribution in [3.63, 3.8) is 0 Å². The number of fused-ring (bicyclic) bond motifs is 1. The topological polar surface area (TPSA) is 87.2 Å². The van der Waals surface area contributed by atoms with E-state index in [9.17, 15) is 9.18 Å². The Balaban J connectivity index is 2.31. The van der Waals surface area contributed by atoms with Crippen LogP contribution in [0.2, 0.25) is 0 Å². The highest BCUT2D eigenvalue weighted by Crippen LogP contribution is 2.19. The minimum absolute atomic E-state index is 0.0961. The van der Waals surface area contributed by atoms with Gasteiger partial charge in [0, 0.05) is 13.7 Å². The second-order valence-electron chi connectivity index (χ2n) is 5.17. The molecule has 0 aliphatic rings. The van der Waals surface area contributed by atoms with Crippen molar-refractivity contribution in [3.8, 4) is 0 Å². The van der Waals surface area contributed by atoms with Crippen molar-refractivity contribution >= 4 is 16.9 Å². The van der Waals surface area contributed by atoms with E-state index >= 15 is 0 Å². The number of aliphatic hydroxyl groups excluding tert-OH is 1. The van der Waals surface area contributed by atoms with Crippen LogP contribution in [0.25, 0.3) is 11.0 Å². The van der Waals surface area contributed by atoms with Crippen molar-refractivity contribution in [2.45, 2.75) is 18.9 Å². The lowest BCUT2D eigenvalue weighted by Crippen LogP contribution is -2.50. The Bertz CT molecular complexity index is 635. The smallest absolute Gasteiger partial charge is 0.254 e. The first-order valence-corrected chi connectivity index (χ1v) is 6.54. The largest absolute Gasteiger partial charge is 0.396 e. The zero-order valence-electron chi connectivity index (χ0n) is 11.9. The van der Waals surface area contributed by atoms with Crippen LogP contribution in [-0.2, 0) is 4.74 Å². The van der Waals surface area contributed by atoms with Gasteiger partial charge in [0.15, 0.2) is 0 Å². The van der Waals surface area contributed by atoms with Crippen molar-refractivity contribution in [3.05, 3.63) is 29.8 Å². The first kappa shape index (κ1) is 15.4. The minimum atomic E-state index is -0.741. The van der Waals surface area contributed by atoms with Crippen LogP contribution in [0.3, 0.4) is 0 Å². The number of hydrogen-bond acceptors (Lipinski definition) is 4. The molecule has 1 aromatic carbocycles. The summed E-state index contributed by atoms with van der Waals surface area (Å²) in [4.78, 5) is 19.2. The highest BCUT2D eigenvalue weighted by atomic mass is 19.1. The number of aliphatic hydroxyl groups is 1. The number of nitrogens with zero attached hydrogens (tertiary/aromatic N) is 1. The Hall–Kier alpha value is -1.99. The molecule has 0 aliphatic carbocycles. The number of imidazole rings is 1. The van der Waals surface area contributed by atoms with E-state index in [1.807, 2.05) is 0 Å². The van der Waals surface area contributed by atoms with E-state index in [0.717, 1.165) is 6.07 Å². The van der Waals surface area contributed by atoms with Gasteiger partial charge in [0.1, 0.15) is 11.3 Å². The van der Waals surface area contributed by atoms with E-state index in [2.05, 4.69) is 15.3 Å². The minimum Gasteiger partial charge on any atom is -0.396 e. The Morgan fingerprint density at radius 2 is 2.33 bits per heavy atom. The third kappa shape index (κ3) is 3.37. The summed E-state index contributed by atoms with van der Waals surface area (Å²) in [6.45, 7) is 1.89. The lowest BCUT2D eigenvalue weighted by molar-refractivity contribution is 0.0726. The standard InChI is InChI=1S/C14H18FN3O3/c1-14(3-4-19,7-21-2)18-13(20)10-5-9(15)6-11-12(10)17-8-16-11/h5-6,8,19H,3-4,7H2,1-2H3,(H,16,17)(H,18,20). The van der Waals surface area contributed by atoms with Crippen LogP contribution in [-0.4, -0.2) is 46.8 Å². The van der Waals surface area contributed by atoms with Gasteiger partial charge in [0.05, 0.1) is 29.6 Å². The van der Waals surface area contributed by atoms with Gasteiger partial charge in [-0.15, -0.1) is 0 Å². The van der Waals surface area contributed by atoms with Gasteiger partial charge < -0.3 is 20.1 Å². The molecule has 6 nitrogen and oxygen atoms in total. The molecule has 1 aromatic heterocycles. The van der Waals surface area contributed by atoms with Gasteiger partial charge in [-0.05, 0) is 25.5 Å². The van der Waals surface area contributed by atoms with Gasteiger partial charge in [-0.25, -0.2) is 9.37 Å². The molecule has 0 radical (unpaired) electrons. The van der Waals surface area contributed by atoms with Crippen LogP contribution in [0.4, 0.5) is 4.39 Å². The average Bonchev–Trinajstić information content (AvgIpc) is 2.85. The van der Waals surface area contributed by atoms with Crippen molar-refractivity contribution < 1.29 is 19.0 Å². The molecule has 1 unspecified atom stereocenters. The van der Waals surface area contributed by atoms with Gasteiger partial charge in [-0.1, -0.05) is 0 Å². The molecule has 0 bridgehead atoms. The Morgan fingerprint density at radius 3 is 3.00 bits per heavy atom. The number of benzene rings is 1. The zero-order chi connectivity index (χ0) is 15.5. The molecule has 21 heavy (non-hydrogen) atoms. The number of hydrogen-bond donors (Lipinski definition) is 3. The second kappa shape index (κ2) is 6.19. The summed E-state index contributed by atoms with van der Waals surface area (Å²) in [5.74, 6) is -0.980. The molecule has 2 rings (SSSR count). The predicted molar refractivity (Wildman–Crippen MR) is 75.5 cm³/mol. The fraction of sp³-hybridized carbons (Fsp3) is 0.429. The first-order chi connectivity index (χ1) is 9.99. The molecule has 0 saturated heterocycles. The third-order valence-corrected chi connectivity index (χ3v) is 3.27. The average molecular weight is 295 g/mol. The lowest BCUT2D eigenvalue weighted by atomic mass is 9.98. The van der Waals surface area contributed by atoms with Crippen molar-refractivity contribution in [1.82, 2.24) is 15.3 Å². The summed E-state index contributed by atoms with van der Waals surface area (Å²) in [6, 6.07) is 2.42. The summed E-state index contributed by atoms with van der Waals surface area (Å²) >= 11 is 0. The van der Waals surface area contributed by atoms with Crippen LogP contribution in [0.15, 0.2) is 18.5 Å². The molecule has 3 N–H and O–H groups in total. The summed E-state index contributed by atoms with van der Waals surface area (Å²) in [6.07, 6.45) is 1.73. The number of halogens is 1. The molecule has 0 saturated carbocycles. The number of carbonyl (C=O) groups excluding carboxylic acids is 1. The molecule has 114 valence electrons. The summed E-state index contributed by atoms with van der Waals surface area (Å²) in [7, 11) is 1.51. The van der Waals surface area contributed by atoms with Crippen molar-refractivity contribution in [1.29, 1.82) is 0 Å². The fourth-order valence-corrected chi connectivity index (χ4v) is 2.27. The number of carbonyl (C=O) groups is 1. The van der Waals surface area contributed by atoms with Gasteiger partial charge in [0.25, 0.3) is 5.91 Å². The van der Waals surface area contributed by atoms with E-state index in [0.29, 0.717) is 17.5 Å². The van der Waals surface area contributed by atoms with Crippen LogP contribution in [0.1, 0.15) is 23.7 Å². The molecule has 1 heterocycles. The Kier molecular flexibility index (Phi) is 4.54. The molecule has 0 fully saturated rings. The van der Waals surface area contributed by atoms with E-state index in [-0.39, 0.29) is 18.8 Å². The van der Waals surface area contributed by atoms with Gasteiger partial charge in [0.2, 0.25) is 0 Å². The predicted octanol–water partition coefficient (Wildman–Crippen LogP) is 1.22. The molecule has 1 amide bonds. The highest BCUT2D eigenvalue weighted by Gasteiger charge is 2.27. The number of ether oxygens (including phenoxy) is 1. The lowest BCUT2D eigenvalue weighted by Gasteiger charge is -2.29. The molecule has 7 heteroatoms. The number of methoxy groups -OCH3 is 1. The number of amides is 1. The fourth-order valence-electron chi connectivity index (χ4n) is 2.27. The Morgan fingerprint density at radius 1 is 1.57 bits per heavy atom. The normalized spacial score (nSPS) is 14.1. The first-order valence-electron chi connectivity index (χ1n) is 6.54. The molecule has 2 aromatic rings. The van der Waals surface area contributed by atoms with Gasteiger partial charge >= 0.3 is 0 Å². The Labute approximate surface area is 121 Å². The van der Waals surface area contributed by atoms with Crippen LogP contribution >= 0.6 is 0 Å². The molecule has 1 atom stereocenters. The SMILES string of the molecule is COCC(C)(CCO)NC(=O)c1cc(F)cc2[nH]cnc12. The number of aromatic nitrogens is 2. The molecule has 0 aliphatic heterocycles. The van der Waals surface area contributed by atoms with Crippen molar-refractivity contribution in [2.75, 3.05) is 20.3 Å². The van der Waals surface area contributed by atoms with E-state index in [1.54, 1.807) is 6.92 Å². The maximum absolute atomic E-state index is 13.6. The number of rotatable bonds is 6. The van der Waals surface area contributed by atoms with E-state index in [1.165, 1.54) is 19.5 Å². The van der Waals surface area contributed by atoms with Crippen LogP contribution in [0.5, 0.6) is 0 Å². The monoisotopic (exact) mass is 295 g/mol. The van der Waals surface area contributed by atoms with Crippen LogP contribution < -0.4 is 5.32 Å². The highest BCUT2D eigenvalue weighted by molar-refractivity contribution is 6.05. The quantitative estimate of drug-likeness (QED) is 0.748. The zero-order valence-corrected chi connectivity index (χ0v) is 11.9. The van der Waals surface area contributed by atoms with E-state index in [4.69, 9.17) is 9.84 Å². The number of H-pyrrole nitrogens is 1. The second-order valence-corrected chi connectivity index (χ2v) is 5.17. The maximum atomic E-state index is 13.6. The molecule has 0 spiro atoms. The van der Waals surface area contributed by atoms with Gasteiger partial charge in [-0.3, -0.25) is 4.79 Å². The molecular formula is C14H18FN3O3. The van der Waals surface area contributed by atoms with E-state index < -0.39 is 17.3 Å². The summed E-state index contributed by atoms with van der Waals surface area (Å²) in [5, 5.41) is 11.9. The van der Waals surface area contributed by atoms with Crippen LogP contribution in [0, 0.1) is 5.82 Å². The number of nitrogens with one attached hydrogen (secondary N) is 2.